The third-order valence-corrected chi connectivity index (χ3v) is 5.57. The Hall–Kier alpha value is -0.0800. The number of nitrogens with zero attached hydrogens (tertiary/aromatic N) is 2. The molecule has 3 fully saturated rings. The Kier molecular flexibility index (Phi) is 3.45. The Balaban J connectivity index is 1.59. The summed E-state index contributed by atoms with van der Waals surface area (Å²) < 4.78 is 0. The lowest BCUT2D eigenvalue weighted by Gasteiger charge is -2.43. The molecule has 0 aromatic heterocycles. The van der Waals surface area contributed by atoms with Crippen LogP contribution in [0.3, 0.4) is 0 Å². The van der Waals surface area contributed by atoms with E-state index in [0.717, 1.165) is 23.9 Å². The molecule has 3 rings (SSSR count). The molecule has 2 nitrogen and oxygen atoms in total. The molecule has 0 aromatic rings. The van der Waals surface area contributed by atoms with Crippen molar-refractivity contribution in [1.29, 1.82) is 0 Å². The number of fused-ring (bicyclic) bond motifs is 1. The number of piperazine rings is 1. The maximum Gasteiger partial charge on any atom is 0.0224 e. The van der Waals surface area contributed by atoms with Gasteiger partial charge in [0.2, 0.25) is 0 Å². The third kappa shape index (κ3) is 2.39. The molecule has 0 bridgehead atoms. The van der Waals surface area contributed by atoms with Gasteiger partial charge in [0, 0.05) is 31.7 Å². The summed E-state index contributed by atoms with van der Waals surface area (Å²) >= 11 is 0. The van der Waals surface area contributed by atoms with E-state index in [4.69, 9.17) is 0 Å². The summed E-state index contributed by atoms with van der Waals surface area (Å²) in [6, 6.07) is 1.68. The van der Waals surface area contributed by atoms with Gasteiger partial charge >= 0.3 is 0 Å². The SMILES string of the molecule is CC1CCCC1CN1CC2CCCN2CC1C. The number of rotatable bonds is 2. The van der Waals surface area contributed by atoms with Crippen LogP contribution in [0, 0.1) is 11.8 Å². The molecule has 2 heteroatoms. The van der Waals surface area contributed by atoms with Gasteiger partial charge in [-0.15, -0.1) is 0 Å². The molecule has 2 saturated heterocycles. The molecule has 2 heterocycles. The molecule has 0 aromatic carbocycles. The summed E-state index contributed by atoms with van der Waals surface area (Å²) in [5.41, 5.74) is 0. The van der Waals surface area contributed by atoms with Gasteiger partial charge in [-0.3, -0.25) is 9.80 Å². The molecular weight excluding hydrogens is 208 g/mol. The third-order valence-electron chi connectivity index (χ3n) is 5.57. The molecule has 0 radical (unpaired) electrons. The van der Waals surface area contributed by atoms with Crippen LogP contribution in [0.1, 0.15) is 46.0 Å². The van der Waals surface area contributed by atoms with Crippen LogP contribution in [-0.2, 0) is 0 Å². The molecule has 4 unspecified atom stereocenters. The van der Waals surface area contributed by atoms with Gasteiger partial charge in [0.25, 0.3) is 0 Å². The van der Waals surface area contributed by atoms with Crippen molar-refractivity contribution in [1.82, 2.24) is 9.80 Å². The van der Waals surface area contributed by atoms with Crippen LogP contribution in [0.25, 0.3) is 0 Å². The fraction of sp³-hybridized carbons (Fsp3) is 1.00. The van der Waals surface area contributed by atoms with E-state index < -0.39 is 0 Å². The Morgan fingerprint density at radius 2 is 1.88 bits per heavy atom. The minimum absolute atomic E-state index is 0.789. The molecule has 4 atom stereocenters. The van der Waals surface area contributed by atoms with Crippen molar-refractivity contribution in [3.8, 4) is 0 Å². The second-order valence-electron chi connectivity index (χ2n) is 6.76. The van der Waals surface area contributed by atoms with Gasteiger partial charge in [0.1, 0.15) is 0 Å². The first-order valence-electron chi connectivity index (χ1n) is 7.72. The van der Waals surface area contributed by atoms with Crippen LogP contribution in [0.4, 0.5) is 0 Å². The van der Waals surface area contributed by atoms with Crippen molar-refractivity contribution in [3.63, 3.8) is 0 Å². The van der Waals surface area contributed by atoms with Gasteiger partial charge in [-0.2, -0.15) is 0 Å². The number of hydrogen-bond donors (Lipinski definition) is 0. The van der Waals surface area contributed by atoms with Crippen LogP contribution in [0.5, 0.6) is 0 Å². The maximum atomic E-state index is 2.80. The highest BCUT2D eigenvalue weighted by atomic mass is 15.3. The zero-order chi connectivity index (χ0) is 11.8. The van der Waals surface area contributed by atoms with E-state index in [-0.39, 0.29) is 0 Å². The van der Waals surface area contributed by atoms with Crippen LogP contribution in [-0.4, -0.2) is 48.1 Å². The molecular formula is C15H28N2. The van der Waals surface area contributed by atoms with Crippen molar-refractivity contribution in [2.75, 3.05) is 26.2 Å². The van der Waals surface area contributed by atoms with E-state index in [1.807, 2.05) is 0 Å². The van der Waals surface area contributed by atoms with Crippen molar-refractivity contribution in [2.45, 2.75) is 58.0 Å². The van der Waals surface area contributed by atoms with E-state index in [0.29, 0.717) is 0 Å². The van der Waals surface area contributed by atoms with Crippen molar-refractivity contribution in [3.05, 3.63) is 0 Å². The molecule has 0 amide bonds. The van der Waals surface area contributed by atoms with Gasteiger partial charge in [0.15, 0.2) is 0 Å². The molecule has 2 aliphatic heterocycles. The molecule has 98 valence electrons. The molecule has 1 aliphatic carbocycles. The highest BCUT2D eigenvalue weighted by Gasteiger charge is 2.36. The van der Waals surface area contributed by atoms with Gasteiger partial charge in [-0.1, -0.05) is 19.8 Å². The normalized spacial score (nSPS) is 44.1. The Morgan fingerprint density at radius 3 is 2.65 bits per heavy atom. The van der Waals surface area contributed by atoms with Crippen LogP contribution in [0.2, 0.25) is 0 Å². The van der Waals surface area contributed by atoms with Crippen molar-refractivity contribution in [2.24, 2.45) is 11.8 Å². The molecule has 3 aliphatic rings. The minimum Gasteiger partial charge on any atom is -0.298 e. The lowest BCUT2D eigenvalue weighted by Crippen LogP contribution is -2.55. The fourth-order valence-electron chi connectivity index (χ4n) is 4.30. The quantitative estimate of drug-likeness (QED) is 0.727. The number of hydrogen-bond acceptors (Lipinski definition) is 2. The highest BCUT2D eigenvalue weighted by Crippen LogP contribution is 2.33. The van der Waals surface area contributed by atoms with E-state index >= 15 is 0 Å². The monoisotopic (exact) mass is 236 g/mol. The fourth-order valence-corrected chi connectivity index (χ4v) is 4.30. The first-order chi connectivity index (χ1) is 8.24. The average Bonchev–Trinajstić information content (AvgIpc) is 2.89. The van der Waals surface area contributed by atoms with E-state index in [1.165, 1.54) is 58.3 Å². The van der Waals surface area contributed by atoms with Crippen LogP contribution >= 0.6 is 0 Å². The summed E-state index contributed by atoms with van der Waals surface area (Å²) in [4.78, 5) is 5.54. The largest absolute Gasteiger partial charge is 0.298 e. The van der Waals surface area contributed by atoms with Crippen LogP contribution < -0.4 is 0 Å². The van der Waals surface area contributed by atoms with Gasteiger partial charge < -0.3 is 0 Å². The van der Waals surface area contributed by atoms with Gasteiger partial charge in [-0.05, 0) is 44.6 Å². The standard InChI is InChI=1S/C15H28N2/c1-12-5-3-6-14(12)10-17-11-15-7-4-8-16(15)9-13(17)2/h12-15H,3-11H2,1-2H3. The van der Waals surface area contributed by atoms with E-state index in [2.05, 4.69) is 23.6 Å². The zero-order valence-electron chi connectivity index (χ0n) is 11.6. The minimum atomic E-state index is 0.789. The second-order valence-corrected chi connectivity index (χ2v) is 6.76. The zero-order valence-corrected chi connectivity index (χ0v) is 11.6. The Bertz CT molecular complexity index is 266. The first-order valence-corrected chi connectivity index (χ1v) is 7.72. The summed E-state index contributed by atoms with van der Waals surface area (Å²) in [5, 5.41) is 0. The Labute approximate surface area is 106 Å². The summed E-state index contributed by atoms with van der Waals surface area (Å²) in [7, 11) is 0. The molecule has 17 heavy (non-hydrogen) atoms. The smallest absolute Gasteiger partial charge is 0.0224 e. The predicted octanol–water partition coefficient (Wildman–Crippen LogP) is 2.59. The van der Waals surface area contributed by atoms with E-state index in [1.54, 1.807) is 0 Å². The highest BCUT2D eigenvalue weighted by molar-refractivity contribution is 4.92. The average molecular weight is 236 g/mol. The topological polar surface area (TPSA) is 6.48 Å². The van der Waals surface area contributed by atoms with Crippen LogP contribution in [0.15, 0.2) is 0 Å². The second kappa shape index (κ2) is 4.89. The van der Waals surface area contributed by atoms with Crippen molar-refractivity contribution >= 4 is 0 Å². The molecule has 1 saturated carbocycles. The summed E-state index contributed by atoms with van der Waals surface area (Å²) in [6.45, 7) is 10.3. The lowest BCUT2D eigenvalue weighted by molar-refractivity contribution is 0.0444. The first kappa shape index (κ1) is 12.0. The molecule has 0 spiro atoms. The molecule has 0 N–H and O–H groups in total. The maximum absolute atomic E-state index is 2.80. The van der Waals surface area contributed by atoms with E-state index in [9.17, 15) is 0 Å². The Morgan fingerprint density at radius 1 is 1.00 bits per heavy atom. The lowest BCUT2D eigenvalue weighted by atomic mass is 9.96. The van der Waals surface area contributed by atoms with Gasteiger partial charge in [0.05, 0.1) is 0 Å². The van der Waals surface area contributed by atoms with Crippen molar-refractivity contribution < 1.29 is 0 Å². The summed E-state index contributed by atoms with van der Waals surface area (Å²) in [6.07, 6.45) is 7.32. The summed E-state index contributed by atoms with van der Waals surface area (Å²) in [5.74, 6) is 1.97. The van der Waals surface area contributed by atoms with Gasteiger partial charge in [-0.25, -0.2) is 0 Å². The predicted molar refractivity (Wildman–Crippen MR) is 72.1 cm³/mol.